The SMILES string of the molecule is O=C(C1CC(=O)N(c2ccccc2F)C1)N1CCN(CCO)CC1. The molecule has 1 aromatic carbocycles. The molecular weight excluding hydrogens is 313 g/mol. The van der Waals surface area contributed by atoms with Crippen LogP contribution in [-0.2, 0) is 9.59 Å². The van der Waals surface area contributed by atoms with Crippen molar-refractivity contribution in [3.05, 3.63) is 30.1 Å². The Kier molecular flexibility index (Phi) is 5.11. The first-order chi connectivity index (χ1) is 11.6. The summed E-state index contributed by atoms with van der Waals surface area (Å²) in [4.78, 5) is 30.1. The van der Waals surface area contributed by atoms with Crippen molar-refractivity contribution in [2.24, 2.45) is 5.92 Å². The lowest BCUT2D eigenvalue weighted by atomic mass is 10.1. The van der Waals surface area contributed by atoms with E-state index in [1.807, 2.05) is 0 Å². The quantitative estimate of drug-likeness (QED) is 0.860. The molecule has 2 aliphatic rings. The molecule has 2 fully saturated rings. The number of amides is 2. The molecule has 2 aliphatic heterocycles. The molecule has 0 aliphatic carbocycles. The number of aliphatic hydroxyl groups excluding tert-OH is 1. The van der Waals surface area contributed by atoms with E-state index in [0.29, 0.717) is 19.6 Å². The zero-order chi connectivity index (χ0) is 17.1. The van der Waals surface area contributed by atoms with Gasteiger partial charge >= 0.3 is 0 Å². The van der Waals surface area contributed by atoms with E-state index in [1.165, 1.54) is 11.0 Å². The van der Waals surface area contributed by atoms with Crippen LogP contribution < -0.4 is 4.90 Å². The Morgan fingerprint density at radius 2 is 1.92 bits per heavy atom. The maximum atomic E-state index is 13.9. The van der Waals surface area contributed by atoms with Gasteiger partial charge in [-0.3, -0.25) is 14.5 Å². The second kappa shape index (κ2) is 7.27. The number of piperazine rings is 1. The van der Waals surface area contributed by atoms with E-state index in [4.69, 9.17) is 5.11 Å². The van der Waals surface area contributed by atoms with Crippen LogP contribution in [0.5, 0.6) is 0 Å². The van der Waals surface area contributed by atoms with E-state index in [0.717, 1.165) is 13.1 Å². The number of para-hydroxylation sites is 1. The van der Waals surface area contributed by atoms with E-state index in [2.05, 4.69) is 4.90 Å². The van der Waals surface area contributed by atoms with Gasteiger partial charge in [-0.2, -0.15) is 0 Å². The second-order valence-corrected chi connectivity index (χ2v) is 6.25. The summed E-state index contributed by atoms with van der Waals surface area (Å²) in [5, 5.41) is 8.96. The number of anilines is 1. The van der Waals surface area contributed by atoms with Gasteiger partial charge < -0.3 is 14.9 Å². The molecule has 1 unspecified atom stereocenters. The Morgan fingerprint density at radius 1 is 1.21 bits per heavy atom. The Balaban J connectivity index is 1.62. The molecular formula is C17H22FN3O3. The highest BCUT2D eigenvalue weighted by Gasteiger charge is 2.38. The van der Waals surface area contributed by atoms with Gasteiger partial charge in [-0.25, -0.2) is 4.39 Å². The number of nitrogens with zero attached hydrogens (tertiary/aromatic N) is 3. The van der Waals surface area contributed by atoms with Gasteiger partial charge in [-0.05, 0) is 12.1 Å². The van der Waals surface area contributed by atoms with Gasteiger partial charge in [-0.1, -0.05) is 12.1 Å². The van der Waals surface area contributed by atoms with E-state index >= 15 is 0 Å². The largest absolute Gasteiger partial charge is 0.395 e. The Bertz CT molecular complexity index is 617. The maximum absolute atomic E-state index is 13.9. The molecule has 0 saturated carbocycles. The van der Waals surface area contributed by atoms with Gasteiger partial charge in [0, 0.05) is 45.7 Å². The number of aliphatic hydroxyl groups is 1. The highest BCUT2D eigenvalue weighted by molar-refractivity contribution is 6.00. The fraction of sp³-hybridized carbons (Fsp3) is 0.529. The number of halogens is 1. The van der Waals surface area contributed by atoms with Crippen molar-refractivity contribution in [1.29, 1.82) is 0 Å². The summed E-state index contributed by atoms with van der Waals surface area (Å²) in [7, 11) is 0. The molecule has 2 amide bonds. The predicted molar refractivity (Wildman–Crippen MR) is 87.0 cm³/mol. The molecule has 0 spiro atoms. The minimum Gasteiger partial charge on any atom is -0.395 e. The molecule has 130 valence electrons. The van der Waals surface area contributed by atoms with E-state index < -0.39 is 11.7 Å². The smallest absolute Gasteiger partial charge is 0.228 e. The minimum atomic E-state index is -0.448. The Morgan fingerprint density at radius 3 is 2.58 bits per heavy atom. The summed E-state index contributed by atoms with van der Waals surface area (Å²) < 4.78 is 13.9. The molecule has 3 rings (SSSR count). The highest BCUT2D eigenvalue weighted by Crippen LogP contribution is 2.28. The lowest BCUT2D eigenvalue weighted by Gasteiger charge is -2.35. The number of carbonyl (C=O) groups is 2. The van der Waals surface area contributed by atoms with Crippen LogP contribution in [0.25, 0.3) is 0 Å². The molecule has 1 atom stereocenters. The molecule has 0 radical (unpaired) electrons. The second-order valence-electron chi connectivity index (χ2n) is 6.25. The van der Waals surface area contributed by atoms with Crippen LogP contribution in [0.3, 0.4) is 0 Å². The fourth-order valence-corrected chi connectivity index (χ4v) is 3.37. The minimum absolute atomic E-state index is 0.0363. The van der Waals surface area contributed by atoms with Crippen LogP contribution in [0.2, 0.25) is 0 Å². The van der Waals surface area contributed by atoms with Crippen molar-refractivity contribution in [1.82, 2.24) is 9.80 Å². The third kappa shape index (κ3) is 3.42. The first-order valence-electron chi connectivity index (χ1n) is 8.27. The lowest BCUT2D eigenvalue weighted by Crippen LogP contribution is -2.51. The molecule has 1 aromatic rings. The number of hydrogen-bond acceptors (Lipinski definition) is 4. The predicted octanol–water partition coefficient (Wildman–Crippen LogP) is 0.315. The summed E-state index contributed by atoms with van der Waals surface area (Å²) in [6.45, 7) is 3.61. The standard InChI is InChI=1S/C17H22FN3O3/c18-14-3-1-2-4-15(14)21-12-13(11-16(21)23)17(24)20-7-5-19(6-8-20)9-10-22/h1-4,13,22H,5-12H2. The first-order valence-corrected chi connectivity index (χ1v) is 8.27. The van der Waals surface area contributed by atoms with Crippen LogP contribution in [0.4, 0.5) is 10.1 Å². The van der Waals surface area contributed by atoms with Crippen LogP contribution in [0.15, 0.2) is 24.3 Å². The normalized spacial score (nSPS) is 22.2. The van der Waals surface area contributed by atoms with Crippen LogP contribution in [0.1, 0.15) is 6.42 Å². The number of rotatable bonds is 4. The van der Waals surface area contributed by atoms with Gasteiger partial charge in [0.05, 0.1) is 18.2 Å². The zero-order valence-corrected chi connectivity index (χ0v) is 13.5. The van der Waals surface area contributed by atoms with E-state index in [-0.39, 0.29) is 37.1 Å². The number of carbonyl (C=O) groups excluding carboxylic acids is 2. The average Bonchev–Trinajstić information content (AvgIpc) is 2.97. The molecule has 2 heterocycles. The van der Waals surface area contributed by atoms with Crippen LogP contribution in [-0.4, -0.2) is 72.6 Å². The van der Waals surface area contributed by atoms with Crippen molar-refractivity contribution in [2.45, 2.75) is 6.42 Å². The molecule has 0 bridgehead atoms. The van der Waals surface area contributed by atoms with Gasteiger partial charge in [0.25, 0.3) is 0 Å². The van der Waals surface area contributed by atoms with Gasteiger partial charge in [0.1, 0.15) is 5.82 Å². The third-order valence-corrected chi connectivity index (χ3v) is 4.72. The van der Waals surface area contributed by atoms with Gasteiger partial charge in [0.2, 0.25) is 11.8 Å². The zero-order valence-electron chi connectivity index (χ0n) is 13.5. The van der Waals surface area contributed by atoms with Gasteiger partial charge in [-0.15, -0.1) is 0 Å². The summed E-state index contributed by atoms with van der Waals surface area (Å²) in [5.41, 5.74) is 0.241. The van der Waals surface area contributed by atoms with Crippen LogP contribution in [0, 0.1) is 11.7 Å². The number of benzene rings is 1. The van der Waals surface area contributed by atoms with E-state index in [1.54, 1.807) is 23.1 Å². The molecule has 6 nitrogen and oxygen atoms in total. The topological polar surface area (TPSA) is 64.1 Å². The molecule has 2 saturated heterocycles. The lowest BCUT2D eigenvalue weighted by molar-refractivity contribution is -0.137. The molecule has 24 heavy (non-hydrogen) atoms. The van der Waals surface area contributed by atoms with Crippen LogP contribution >= 0.6 is 0 Å². The number of β-amino-alcohol motifs (C(OH)–C–C–N with tert-alkyl or cyclic N) is 1. The summed E-state index contributed by atoms with van der Waals surface area (Å²) in [5.74, 6) is -1.11. The van der Waals surface area contributed by atoms with Crippen molar-refractivity contribution in [3.8, 4) is 0 Å². The monoisotopic (exact) mass is 335 g/mol. The first kappa shape index (κ1) is 16.9. The Hall–Kier alpha value is -1.99. The van der Waals surface area contributed by atoms with Crippen molar-refractivity contribution in [2.75, 3.05) is 50.8 Å². The van der Waals surface area contributed by atoms with Crippen molar-refractivity contribution in [3.63, 3.8) is 0 Å². The Labute approximate surface area is 140 Å². The van der Waals surface area contributed by atoms with E-state index in [9.17, 15) is 14.0 Å². The summed E-state index contributed by atoms with van der Waals surface area (Å²) in [6, 6.07) is 6.14. The molecule has 1 N–H and O–H groups in total. The summed E-state index contributed by atoms with van der Waals surface area (Å²) >= 11 is 0. The fourth-order valence-electron chi connectivity index (χ4n) is 3.37. The highest BCUT2D eigenvalue weighted by atomic mass is 19.1. The third-order valence-electron chi connectivity index (χ3n) is 4.72. The maximum Gasteiger partial charge on any atom is 0.228 e. The molecule has 0 aromatic heterocycles. The van der Waals surface area contributed by atoms with Crippen molar-refractivity contribution >= 4 is 17.5 Å². The number of hydrogen-bond donors (Lipinski definition) is 1. The van der Waals surface area contributed by atoms with Crippen molar-refractivity contribution < 1.29 is 19.1 Å². The average molecular weight is 335 g/mol. The molecule has 7 heteroatoms. The van der Waals surface area contributed by atoms with Gasteiger partial charge in [0.15, 0.2) is 0 Å². The summed E-state index contributed by atoms with van der Waals surface area (Å²) in [6.07, 6.45) is 0.129.